The fraction of sp³-hybridized carbons (Fsp3) is 0.267. The molecule has 0 saturated heterocycles. The zero-order chi connectivity index (χ0) is 13.0. The van der Waals surface area contributed by atoms with Crippen LogP contribution < -0.4 is 5.32 Å². The molecule has 1 atom stereocenters. The van der Waals surface area contributed by atoms with Crippen LogP contribution in [0.15, 0.2) is 42.5 Å². The summed E-state index contributed by atoms with van der Waals surface area (Å²) in [5.41, 5.74) is 0.796. The van der Waals surface area contributed by atoms with Gasteiger partial charge in [0.05, 0.1) is 12.5 Å². The highest BCUT2D eigenvalue weighted by molar-refractivity contribution is 6.02. The maximum absolute atomic E-state index is 11.9. The van der Waals surface area contributed by atoms with E-state index in [4.69, 9.17) is 5.11 Å². The van der Waals surface area contributed by atoms with Crippen molar-refractivity contribution >= 4 is 22.4 Å². The highest BCUT2D eigenvalue weighted by Crippen LogP contribution is 2.23. The molecule has 0 fully saturated rings. The van der Waals surface area contributed by atoms with Gasteiger partial charge in [-0.3, -0.25) is 4.79 Å². The van der Waals surface area contributed by atoms with Crippen LogP contribution in [0.1, 0.15) is 13.3 Å². The van der Waals surface area contributed by atoms with Gasteiger partial charge in [-0.1, -0.05) is 43.3 Å². The second-order valence-electron chi connectivity index (χ2n) is 4.30. The molecule has 2 aromatic carbocycles. The molecule has 0 aliphatic rings. The smallest absolute Gasteiger partial charge is 0.229 e. The number of aliphatic hydroxyl groups excluding tert-OH is 1. The van der Waals surface area contributed by atoms with Crippen molar-refractivity contribution in [2.24, 2.45) is 5.92 Å². The Kier molecular flexibility index (Phi) is 3.95. The van der Waals surface area contributed by atoms with Crippen molar-refractivity contribution in [3.63, 3.8) is 0 Å². The Morgan fingerprint density at radius 2 is 1.94 bits per heavy atom. The summed E-state index contributed by atoms with van der Waals surface area (Å²) in [4.78, 5) is 11.9. The predicted octanol–water partition coefficient (Wildman–Crippen LogP) is 2.80. The van der Waals surface area contributed by atoms with Gasteiger partial charge in [0.15, 0.2) is 0 Å². The molecule has 2 N–H and O–H groups in total. The normalized spacial score (nSPS) is 12.3. The molecule has 3 nitrogen and oxygen atoms in total. The number of hydrogen-bond donors (Lipinski definition) is 2. The van der Waals surface area contributed by atoms with Gasteiger partial charge in [-0.2, -0.15) is 0 Å². The summed E-state index contributed by atoms with van der Waals surface area (Å²) < 4.78 is 0. The molecule has 0 aliphatic carbocycles. The SMILES string of the molecule is CCC(CO)C(=O)Nc1cccc2ccccc12. The van der Waals surface area contributed by atoms with Crippen molar-refractivity contribution in [3.8, 4) is 0 Å². The van der Waals surface area contributed by atoms with Crippen molar-refractivity contribution in [2.45, 2.75) is 13.3 Å². The van der Waals surface area contributed by atoms with E-state index in [0.29, 0.717) is 6.42 Å². The summed E-state index contributed by atoms with van der Waals surface area (Å²) in [7, 11) is 0. The second kappa shape index (κ2) is 5.65. The summed E-state index contributed by atoms with van der Waals surface area (Å²) >= 11 is 0. The van der Waals surface area contributed by atoms with E-state index in [1.807, 2.05) is 49.4 Å². The lowest BCUT2D eigenvalue weighted by Crippen LogP contribution is -2.25. The Labute approximate surface area is 106 Å². The number of rotatable bonds is 4. The van der Waals surface area contributed by atoms with Crippen molar-refractivity contribution in [1.29, 1.82) is 0 Å². The van der Waals surface area contributed by atoms with Gasteiger partial charge in [-0.25, -0.2) is 0 Å². The topological polar surface area (TPSA) is 49.3 Å². The van der Waals surface area contributed by atoms with Crippen LogP contribution >= 0.6 is 0 Å². The average Bonchev–Trinajstić information content (AvgIpc) is 2.40. The van der Waals surface area contributed by atoms with E-state index in [1.54, 1.807) is 0 Å². The van der Waals surface area contributed by atoms with E-state index >= 15 is 0 Å². The molecule has 94 valence electrons. The van der Waals surface area contributed by atoms with E-state index in [1.165, 1.54) is 0 Å². The van der Waals surface area contributed by atoms with Crippen LogP contribution in [0.25, 0.3) is 10.8 Å². The number of fused-ring (bicyclic) bond motifs is 1. The molecule has 0 radical (unpaired) electrons. The van der Waals surface area contributed by atoms with Crippen molar-refractivity contribution < 1.29 is 9.90 Å². The first kappa shape index (κ1) is 12.6. The third-order valence-corrected chi connectivity index (χ3v) is 3.13. The lowest BCUT2D eigenvalue weighted by atomic mass is 10.1. The molecule has 2 aromatic rings. The first-order valence-corrected chi connectivity index (χ1v) is 6.15. The highest BCUT2D eigenvalue weighted by atomic mass is 16.3. The Bertz CT molecular complexity index is 542. The third-order valence-electron chi connectivity index (χ3n) is 3.13. The van der Waals surface area contributed by atoms with E-state index in [9.17, 15) is 4.79 Å². The maximum Gasteiger partial charge on any atom is 0.229 e. The number of nitrogens with one attached hydrogen (secondary N) is 1. The minimum atomic E-state index is -0.344. The summed E-state index contributed by atoms with van der Waals surface area (Å²) in [5, 5.41) is 14.1. The van der Waals surface area contributed by atoms with Crippen LogP contribution in [-0.2, 0) is 4.79 Å². The zero-order valence-corrected chi connectivity index (χ0v) is 10.4. The monoisotopic (exact) mass is 243 g/mol. The lowest BCUT2D eigenvalue weighted by molar-refractivity contribution is -0.121. The van der Waals surface area contributed by atoms with Gasteiger partial charge in [0, 0.05) is 11.1 Å². The molecule has 2 rings (SSSR count). The summed E-state index contributed by atoms with van der Waals surface area (Å²) in [6.45, 7) is 1.77. The van der Waals surface area contributed by atoms with Gasteiger partial charge in [0.1, 0.15) is 0 Å². The van der Waals surface area contributed by atoms with Crippen molar-refractivity contribution in [3.05, 3.63) is 42.5 Å². The van der Waals surface area contributed by atoms with Crippen LogP contribution in [0.4, 0.5) is 5.69 Å². The van der Waals surface area contributed by atoms with E-state index in [-0.39, 0.29) is 18.4 Å². The molecule has 0 saturated carbocycles. The fourth-order valence-electron chi connectivity index (χ4n) is 1.97. The van der Waals surface area contributed by atoms with Gasteiger partial charge in [-0.15, -0.1) is 0 Å². The fourth-order valence-corrected chi connectivity index (χ4v) is 1.97. The molecule has 1 unspecified atom stereocenters. The number of amides is 1. The Morgan fingerprint density at radius 1 is 1.22 bits per heavy atom. The largest absolute Gasteiger partial charge is 0.396 e. The molecule has 1 amide bonds. The van der Waals surface area contributed by atoms with Crippen LogP contribution in [-0.4, -0.2) is 17.6 Å². The Balaban J connectivity index is 2.29. The van der Waals surface area contributed by atoms with E-state index in [2.05, 4.69) is 5.32 Å². The average molecular weight is 243 g/mol. The number of aliphatic hydroxyl groups is 1. The summed E-state index contributed by atoms with van der Waals surface area (Å²) in [6.07, 6.45) is 0.632. The number of carbonyl (C=O) groups excluding carboxylic acids is 1. The van der Waals surface area contributed by atoms with Crippen LogP contribution in [0.2, 0.25) is 0 Å². The van der Waals surface area contributed by atoms with Crippen LogP contribution in [0.5, 0.6) is 0 Å². The third kappa shape index (κ3) is 2.51. The predicted molar refractivity (Wildman–Crippen MR) is 73.4 cm³/mol. The minimum Gasteiger partial charge on any atom is -0.396 e. The van der Waals surface area contributed by atoms with Gasteiger partial charge in [-0.05, 0) is 17.9 Å². The minimum absolute atomic E-state index is 0.118. The molecular weight excluding hydrogens is 226 g/mol. The highest BCUT2D eigenvalue weighted by Gasteiger charge is 2.15. The first-order valence-electron chi connectivity index (χ1n) is 6.15. The summed E-state index contributed by atoms with van der Waals surface area (Å²) in [6, 6.07) is 13.7. The second-order valence-corrected chi connectivity index (χ2v) is 4.30. The van der Waals surface area contributed by atoms with Gasteiger partial charge in [0.2, 0.25) is 5.91 Å². The van der Waals surface area contributed by atoms with Gasteiger partial charge in [0.25, 0.3) is 0 Å². The lowest BCUT2D eigenvalue weighted by Gasteiger charge is -2.13. The first-order chi connectivity index (χ1) is 8.76. The van der Waals surface area contributed by atoms with Crippen LogP contribution in [0, 0.1) is 5.92 Å². The molecule has 0 spiro atoms. The van der Waals surface area contributed by atoms with Gasteiger partial charge < -0.3 is 10.4 Å². The maximum atomic E-state index is 11.9. The Morgan fingerprint density at radius 3 is 2.67 bits per heavy atom. The molecule has 0 bridgehead atoms. The molecular formula is C15H17NO2. The molecule has 3 heteroatoms. The van der Waals surface area contributed by atoms with Crippen LogP contribution in [0.3, 0.4) is 0 Å². The number of anilines is 1. The molecule has 0 heterocycles. The molecule has 0 aliphatic heterocycles. The quantitative estimate of drug-likeness (QED) is 0.867. The van der Waals surface area contributed by atoms with Crippen molar-refractivity contribution in [2.75, 3.05) is 11.9 Å². The van der Waals surface area contributed by atoms with E-state index in [0.717, 1.165) is 16.5 Å². The molecule has 18 heavy (non-hydrogen) atoms. The number of hydrogen-bond acceptors (Lipinski definition) is 2. The van der Waals surface area contributed by atoms with E-state index < -0.39 is 0 Å². The Hall–Kier alpha value is -1.87. The standard InChI is InChI=1S/C15H17NO2/c1-2-11(10-17)15(18)16-14-9-5-7-12-6-3-4-8-13(12)14/h3-9,11,17H,2,10H2,1H3,(H,16,18). The summed E-state index contributed by atoms with van der Waals surface area (Å²) in [5.74, 6) is -0.472. The van der Waals surface area contributed by atoms with Gasteiger partial charge >= 0.3 is 0 Å². The number of carbonyl (C=O) groups is 1. The van der Waals surface area contributed by atoms with Crippen molar-refractivity contribution in [1.82, 2.24) is 0 Å². The zero-order valence-electron chi connectivity index (χ0n) is 10.4. The number of benzene rings is 2. The molecule has 0 aromatic heterocycles.